The highest BCUT2D eigenvalue weighted by molar-refractivity contribution is 5.96. The van der Waals surface area contributed by atoms with Gasteiger partial charge in [0.25, 0.3) is 0 Å². The van der Waals surface area contributed by atoms with Gasteiger partial charge in [-0.05, 0) is 34.4 Å². The minimum Gasteiger partial charge on any atom is -0.470 e. The molecule has 0 spiro atoms. The Labute approximate surface area is 175 Å². The lowest BCUT2D eigenvalue weighted by molar-refractivity contribution is 0.206. The molecule has 0 fully saturated rings. The molecule has 2 atom stereocenters. The van der Waals surface area contributed by atoms with Gasteiger partial charge in [-0.1, -0.05) is 84.9 Å². The van der Waals surface area contributed by atoms with Crippen molar-refractivity contribution in [2.45, 2.75) is 18.6 Å². The minimum atomic E-state index is 0.0681. The molecule has 0 N–H and O–H groups in total. The third kappa shape index (κ3) is 2.91. The zero-order valence-electron chi connectivity index (χ0n) is 16.4. The van der Waals surface area contributed by atoms with E-state index in [4.69, 9.17) is 14.7 Å². The van der Waals surface area contributed by atoms with Crippen molar-refractivity contribution in [2.75, 3.05) is 0 Å². The number of aromatic nitrogens is 1. The number of pyridine rings is 1. The molecule has 3 aromatic carbocycles. The zero-order valence-corrected chi connectivity index (χ0v) is 16.4. The van der Waals surface area contributed by atoms with E-state index in [1.807, 2.05) is 24.3 Å². The molecular formula is C27H20N2O. The van der Waals surface area contributed by atoms with Crippen molar-refractivity contribution in [3.63, 3.8) is 0 Å². The maximum Gasteiger partial charge on any atom is 0.236 e. The molecule has 0 saturated carbocycles. The van der Waals surface area contributed by atoms with Gasteiger partial charge in [-0.2, -0.15) is 0 Å². The summed E-state index contributed by atoms with van der Waals surface area (Å²) in [5.41, 5.74) is 7.69. The Morgan fingerprint density at radius 1 is 0.667 bits per heavy atom. The number of benzene rings is 3. The maximum atomic E-state index is 6.32. The lowest BCUT2D eigenvalue weighted by Gasteiger charge is -2.12. The second-order valence-corrected chi connectivity index (χ2v) is 7.80. The first-order valence-electron chi connectivity index (χ1n) is 10.3. The Morgan fingerprint density at radius 3 is 2.13 bits per heavy atom. The van der Waals surface area contributed by atoms with Gasteiger partial charge in [-0.25, -0.2) is 9.98 Å². The van der Waals surface area contributed by atoms with Crippen molar-refractivity contribution in [1.82, 2.24) is 4.98 Å². The number of hydrogen-bond acceptors (Lipinski definition) is 3. The largest absolute Gasteiger partial charge is 0.470 e. The van der Waals surface area contributed by atoms with E-state index < -0.39 is 0 Å². The second kappa shape index (κ2) is 6.96. The van der Waals surface area contributed by atoms with Crippen LogP contribution in [-0.2, 0) is 11.2 Å². The van der Waals surface area contributed by atoms with Crippen LogP contribution < -0.4 is 0 Å². The van der Waals surface area contributed by atoms with E-state index in [2.05, 4.69) is 72.8 Å². The molecule has 6 rings (SSSR count). The number of hydrogen-bond donors (Lipinski definition) is 0. The number of fused-ring (bicyclic) bond motifs is 3. The number of ether oxygens (including phenoxy) is 1. The summed E-state index contributed by atoms with van der Waals surface area (Å²) in [6, 6.07) is 33.5. The monoisotopic (exact) mass is 388 g/mol. The van der Waals surface area contributed by atoms with E-state index in [1.165, 1.54) is 11.1 Å². The predicted octanol–water partition coefficient (Wildman–Crippen LogP) is 5.86. The molecular weight excluding hydrogens is 368 g/mol. The Hall–Kier alpha value is -3.72. The zero-order chi connectivity index (χ0) is 19.9. The highest BCUT2D eigenvalue weighted by Gasteiger charge is 2.39. The Morgan fingerprint density at radius 2 is 1.33 bits per heavy atom. The highest BCUT2D eigenvalue weighted by Crippen LogP contribution is 2.41. The molecule has 2 heterocycles. The minimum absolute atomic E-state index is 0.0681. The van der Waals surface area contributed by atoms with Crippen LogP contribution in [0.1, 0.15) is 22.9 Å². The summed E-state index contributed by atoms with van der Waals surface area (Å²) in [4.78, 5) is 9.90. The first kappa shape index (κ1) is 17.2. The summed E-state index contributed by atoms with van der Waals surface area (Å²) in [6.07, 6.45) is 0.970. The predicted molar refractivity (Wildman–Crippen MR) is 119 cm³/mol. The molecule has 1 aliphatic carbocycles. The van der Waals surface area contributed by atoms with E-state index in [9.17, 15) is 0 Å². The Balaban J connectivity index is 1.46. The van der Waals surface area contributed by atoms with Crippen LogP contribution in [0.4, 0.5) is 0 Å². The van der Waals surface area contributed by atoms with E-state index >= 15 is 0 Å². The van der Waals surface area contributed by atoms with Crippen molar-refractivity contribution in [1.29, 1.82) is 0 Å². The Bertz CT molecular complexity index is 1190. The topological polar surface area (TPSA) is 34.5 Å². The number of rotatable bonds is 3. The standard InChI is InChI=1S/C27H20N2O/c1-3-9-18(10-4-1)21-15-23(19-11-5-2-6-12-19)28-24(16-21)27-29-26-22-14-8-7-13-20(22)17-25(26)30-27/h1-16,25-26H,17H2. The molecule has 2 aliphatic rings. The lowest BCUT2D eigenvalue weighted by atomic mass is 10.0. The van der Waals surface area contributed by atoms with Crippen molar-refractivity contribution in [3.8, 4) is 22.4 Å². The lowest BCUT2D eigenvalue weighted by Crippen LogP contribution is -2.14. The van der Waals surface area contributed by atoms with Gasteiger partial charge in [-0.3, -0.25) is 0 Å². The molecule has 30 heavy (non-hydrogen) atoms. The SMILES string of the molecule is c1ccc(-c2cc(C3=NC4c5ccccc5CC4O3)nc(-c3ccccc3)c2)cc1. The summed E-state index contributed by atoms with van der Waals surface area (Å²) < 4.78 is 6.32. The number of nitrogens with zero attached hydrogens (tertiary/aromatic N) is 2. The normalized spacial score (nSPS) is 19.0. The number of aliphatic imine (C=N–C) groups is 1. The van der Waals surface area contributed by atoms with Crippen molar-refractivity contribution in [3.05, 3.63) is 114 Å². The molecule has 3 nitrogen and oxygen atoms in total. The van der Waals surface area contributed by atoms with E-state index in [-0.39, 0.29) is 12.1 Å². The summed E-state index contributed by atoms with van der Waals surface area (Å²) in [5.74, 6) is 0.648. The van der Waals surface area contributed by atoms with Crippen LogP contribution in [0, 0.1) is 0 Å². The molecule has 0 radical (unpaired) electrons. The highest BCUT2D eigenvalue weighted by atomic mass is 16.5. The first-order valence-corrected chi connectivity index (χ1v) is 10.3. The van der Waals surface area contributed by atoms with Crippen LogP contribution in [0.5, 0.6) is 0 Å². The van der Waals surface area contributed by atoms with Gasteiger partial charge in [0.15, 0.2) is 0 Å². The molecule has 0 amide bonds. The maximum absolute atomic E-state index is 6.32. The molecule has 1 aromatic heterocycles. The van der Waals surface area contributed by atoms with Gasteiger partial charge in [0.05, 0.1) is 5.69 Å². The summed E-state index contributed by atoms with van der Waals surface area (Å²) >= 11 is 0. The van der Waals surface area contributed by atoms with Crippen LogP contribution in [0.25, 0.3) is 22.4 Å². The van der Waals surface area contributed by atoms with Crippen LogP contribution in [0.3, 0.4) is 0 Å². The molecule has 4 aromatic rings. The van der Waals surface area contributed by atoms with E-state index in [1.54, 1.807) is 0 Å². The van der Waals surface area contributed by atoms with Gasteiger partial charge in [0, 0.05) is 12.0 Å². The van der Waals surface area contributed by atoms with Gasteiger partial charge in [0.2, 0.25) is 5.90 Å². The van der Waals surface area contributed by atoms with Crippen LogP contribution in [0.2, 0.25) is 0 Å². The Kier molecular flexibility index (Phi) is 3.98. The van der Waals surface area contributed by atoms with E-state index in [0.717, 1.165) is 34.5 Å². The summed E-state index contributed by atoms with van der Waals surface area (Å²) in [5, 5.41) is 0. The smallest absolute Gasteiger partial charge is 0.236 e. The van der Waals surface area contributed by atoms with Crippen molar-refractivity contribution in [2.24, 2.45) is 4.99 Å². The third-order valence-corrected chi connectivity index (χ3v) is 5.89. The molecule has 144 valence electrons. The van der Waals surface area contributed by atoms with Crippen molar-refractivity contribution < 1.29 is 4.74 Å². The van der Waals surface area contributed by atoms with Crippen molar-refractivity contribution >= 4 is 5.90 Å². The molecule has 1 aliphatic heterocycles. The molecule has 2 unspecified atom stereocenters. The third-order valence-electron chi connectivity index (χ3n) is 5.89. The summed E-state index contributed by atoms with van der Waals surface area (Å²) in [6.45, 7) is 0. The van der Waals surface area contributed by atoms with Gasteiger partial charge >= 0.3 is 0 Å². The molecule has 0 bridgehead atoms. The fraction of sp³-hybridized carbons (Fsp3) is 0.111. The quantitative estimate of drug-likeness (QED) is 0.441. The second-order valence-electron chi connectivity index (χ2n) is 7.80. The fourth-order valence-electron chi connectivity index (χ4n) is 4.42. The molecule has 0 saturated heterocycles. The van der Waals surface area contributed by atoms with E-state index in [0.29, 0.717) is 5.90 Å². The van der Waals surface area contributed by atoms with Gasteiger partial charge in [-0.15, -0.1) is 0 Å². The van der Waals surface area contributed by atoms with Gasteiger partial charge < -0.3 is 4.74 Å². The van der Waals surface area contributed by atoms with Crippen LogP contribution in [0.15, 0.2) is 102 Å². The first-order chi connectivity index (χ1) is 14.8. The summed E-state index contributed by atoms with van der Waals surface area (Å²) in [7, 11) is 0. The average Bonchev–Trinajstić information content (AvgIpc) is 3.38. The fourth-order valence-corrected chi connectivity index (χ4v) is 4.42. The van der Waals surface area contributed by atoms with Crippen LogP contribution in [-0.4, -0.2) is 17.0 Å². The molecule has 3 heteroatoms. The average molecular weight is 388 g/mol. The van der Waals surface area contributed by atoms with Crippen LogP contribution >= 0.6 is 0 Å². The van der Waals surface area contributed by atoms with Gasteiger partial charge in [0.1, 0.15) is 17.8 Å².